The number of aromatic hydroxyl groups is 7. The van der Waals surface area contributed by atoms with Crippen molar-refractivity contribution < 1.29 is 70.4 Å². The number of rotatable bonds is 6. The molecule has 14 heteroatoms. The summed E-state index contributed by atoms with van der Waals surface area (Å²) in [6.07, 6.45) is -9.03. The number of hydrogen-bond donors (Lipinski definition) is 11. The Morgan fingerprint density at radius 1 is 0.468 bits per heavy atom. The van der Waals surface area contributed by atoms with Crippen molar-refractivity contribution in [1.82, 2.24) is 0 Å². The van der Waals surface area contributed by atoms with E-state index in [2.05, 4.69) is 0 Å². The van der Waals surface area contributed by atoms with E-state index in [9.17, 15) is 56.2 Å². The van der Waals surface area contributed by atoms with Gasteiger partial charge in [-0.15, -0.1) is 0 Å². The largest absolute Gasteiger partial charge is 0.508 e. The summed E-state index contributed by atoms with van der Waals surface area (Å²) in [7, 11) is 0. The molecule has 1 fully saturated rings. The van der Waals surface area contributed by atoms with Crippen LogP contribution >= 0.6 is 0 Å². The zero-order valence-corrected chi connectivity index (χ0v) is 32.6. The highest BCUT2D eigenvalue weighted by Gasteiger charge is 2.55. The average molecular weight is 843 g/mol. The minimum Gasteiger partial charge on any atom is -0.508 e. The molecule has 2 aliphatic carbocycles. The van der Waals surface area contributed by atoms with Crippen molar-refractivity contribution in [1.29, 1.82) is 0 Å². The van der Waals surface area contributed by atoms with Gasteiger partial charge in [0.2, 0.25) is 6.29 Å². The summed E-state index contributed by atoms with van der Waals surface area (Å²) in [4.78, 5) is 0. The number of hydrogen-bond acceptors (Lipinski definition) is 14. The van der Waals surface area contributed by atoms with E-state index in [0.717, 1.165) is 0 Å². The van der Waals surface area contributed by atoms with E-state index >= 15 is 0 Å². The maximum absolute atomic E-state index is 12.3. The molecule has 0 radical (unpaired) electrons. The second kappa shape index (κ2) is 14.8. The van der Waals surface area contributed by atoms with Crippen molar-refractivity contribution in [2.45, 2.75) is 66.4 Å². The van der Waals surface area contributed by atoms with Gasteiger partial charge in [-0.3, -0.25) is 0 Å². The van der Waals surface area contributed by atoms with Crippen molar-refractivity contribution >= 4 is 0 Å². The Balaban J connectivity index is 1.30. The smallest absolute Gasteiger partial charge is 0.229 e. The number of benzene rings is 6. The van der Waals surface area contributed by atoms with Crippen LogP contribution in [0.2, 0.25) is 0 Å². The van der Waals surface area contributed by atoms with Crippen LogP contribution in [0.3, 0.4) is 0 Å². The van der Waals surface area contributed by atoms with Crippen LogP contribution in [-0.2, 0) is 4.74 Å². The maximum atomic E-state index is 12.3. The number of ether oxygens (including phenoxy) is 3. The molecule has 62 heavy (non-hydrogen) atoms. The van der Waals surface area contributed by atoms with Crippen LogP contribution < -0.4 is 9.47 Å². The number of fused-ring (bicyclic) bond motifs is 6. The lowest BCUT2D eigenvalue weighted by atomic mass is 9.63. The lowest BCUT2D eigenvalue weighted by molar-refractivity contribution is -0.277. The molecule has 0 spiro atoms. The normalized spacial score (nSPS) is 28.1. The summed E-state index contributed by atoms with van der Waals surface area (Å²) in [6.45, 7) is -0.715. The molecule has 6 aromatic carbocycles. The van der Waals surface area contributed by atoms with Gasteiger partial charge >= 0.3 is 0 Å². The van der Waals surface area contributed by atoms with Gasteiger partial charge in [-0.2, -0.15) is 0 Å². The third-order valence-corrected chi connectivity index (χ3v) is 13.0. The van der Waals surface area contributed by atoms with E-state index in [4.69, 9.17) is 14.2 Å². The Morgan fingerprint density at radius 2 is 0.968 bits per heavy atom. The van der Waals surface area contributed by atoms with Gasteiger partial charge in [0, 0.05) is 58.6 Å². The predicted octanol–water partition coefficient (Wildman–Crippen LogP) is 5.23. The van der Waals surface area contributed by atoms with Crippen LogP contribution in [-0.4, -0.2) is 93.5 Å². The van der Waals surface area contributed by atoms with Gasteiger partial charge < -0.3 is 70.4 Å². The van der Waals surface area contributed by atoms with E-state index in [1.54, 1.807) is 54.6 Å². The minimum absolute atomic E-state index is 0.000303. The lowest BCUT2D eigenvalue weighted by Gasteiger charge is -2.40. The fourth-order valence-electron chi connectivity index (χ4n) is 10.4. The molecule has 0 amide bonds. The molecule has 4 aliphatic rings. The molecule has 2 aliphatic heterocycles. The fourth-order valence-corrected chi connectivity index (χ4v) is 10.4. The molecule has 6 aromatic rings. The second-order valence-electron chi connectivity index (χ2n) is 16.5. The molecule has 0 bridgehead atoms. The van der Waals surface area contributed by atoms with Gasteiger partial charge in [0.05, 0.1) is 12.5 Å². The molecule has 318 valence electrons. The van der Waals surface area contributed by atoms with Crippen molar-refractivity contribution in [2.24, 2.45) is 0 Å². The summed E-state index contributed by atoms with van der Waals surface area (Å²) in [5, 5.41) is 121. The third kappa shape index (κ3) is 6.21. The predicted molar refractivity (Wildman–Crippen MR) is 219 cm³/mol. The number of phenolic OH excluding ortho intramolecular Hbond substituents is 7. The number of phenols is 7. The monoisotopic (exact) mass is 842 g/mol. The highest BCUT2D eigenvalue weighted by Crippen LogP contribution is 2.69. The standard InChI is InChI=1S/C48H42O14/c49-19-35-44(57)45(58)46(59)48(62-35)61-34-18-28(55)14-30-39(34)37(21-3-9-24(51)10-4-21)42-31-15-27(54)17-33-40(31)43(47(60-33)22-5-11-25(52)12-6-22)29-13-26(53)16-32(56)38(29)36(41(30)42)20-1-7-23(50)8-2-20/h1-18,35-37,41-59H,19H2/t35-,36?,37+,41+,42+,43+,44-,45-,46+,47?,48-/m0/s1. The van der Waals surface area contributed by atoms with Crippen LogP contribution in [0.5, 0.6) is 51.7 Å². The molecule has 2 unspecified atom stereocenters. The first-order chi connectivity index (χ1) is 29.8. The highest BCUT2D eigenvalue weighted by molar-refractivity contribution is 5.70. The Morgan fingerprint density at radius 3 is 1.55 bits per heavy atom. The molecule has 0 saturated carbocycles. The van der Waals surface area contributed by atoms with Crippen LogP contribution in [0.4, 0.5) is 0 Å². The highest BCUT2D eigenvalue weighted by atomic mass is 16.7. The molecule has 0 aromatic heterocycles. The van der Waals surface area contributed by atoms with Crippen LogP contribution in [0, 0.1) is 0 Å². The zero-order valence-electron chi connectivity index (χ0n) is 32.6. The summed E-state index contributed by atoms with van der Waals surface area (Å²) >= 11 is 0. The molecule has 1 saturated heterocycles. The summed E-state index contributed by atoms with van der Waals surface area (Å²) < 4.78 is 19.0. The Kier molecular flexibility index (Phi) is 9.39. The lowest BCUT2D eigenvalue weighted by Crippen LogP contribution is -2.60. The second-order valence-corrected chi connectivity index (χ2v) is 16.5. The average Bonchev–Trinajstić information content (AvgIpc) is 3.78. The van der Waals surface area contributed by atoms with Crippen molar-refractivity contribution in [3.05, 3.63) is 159 Å². The van der Waals surface area contributed by atoms with Crippen LogP contribution in [0.1, 0.15) is 85.8 Å². The summed E-state index contributed by atoms with van der Waals surface area (Å²) in [5.41, 5.74) is 4.96. The quantitative estimate of drug-likeness (QED) is 0.103. The molecule has 14 nitrogen and oxygen atoms in total. The van der Waals surface area contributed by atoms with E-state index in [-0.39, 0.29) is 46.0 Å². The van der Waals surface area contributed by atoms with Crippen molar-refractivity contribution in [3.63, 3.8) is 0 Å². The minimum atomic E-state index is -1.81. The van der Waals surface area contributed by atoms with Gasteiger partial charge in [0.1, 0.15) is 82.3 Å². The van der Waals surface area contributed by atoms with E-state index in [1.165, 1.54) is 54.6 Å². The van der Waals surface area contributed by atoms with Crippen molar-refractivity contribution in [2.75, 3.05) is 6.61 Å². The molecule has 11 N–H and O–H groups in total. The van der Waals surface area contributed by atoms with Gasteiger partial charge in [-0.25, -0.2) is 0 Å². The summed E-state index contributed by atoms with van der Waals surface area (Å²) in [5.74, 6) is -4.49. The maximum Gasteiger partial charge on any atom is 0.229 e. The first-order valence-electron chi connectivity index (χ1n) is 20.1. The molecule has 2 heterocycles. The Bertz CT molecular complexity index is 2680. The van der Waals surface area contributed by atoms with Gasteiger partial charge in [0.15, 0.2) is 0 Å². The summed E-state index contributed by atoms with van der Waals surface area (Å²) in [6, 6.07) is 28.3. The van der Waals surface area contributed by atoms with E-state index in [0.29, 0.717) is 55.8 Å². The van der Waals surface area contributed by atoms with E-state index < -0.39 is 73.0 Å². The van der Waals surface area contributed by atoms with Gasteiger partial charge in [-0.1, -0.05) is 36.4 Å². The van der Waals surface area contributed by atoms with Crippen LogP contribution in [0.25, 0.3) is 0 Å². The molecule has 11 atom stereocenters. The SMILES string of the molecule is OC[C@@H]1O[C@H](Oc2cc(O)cc3c2[C@@H](c2ccc(O)cc2)[C@H]2c4cc(O)cc5c4[C@@H](c4cc(O)cc(O)c4C(c4ccc(O)cc4)[C@@H]32)C(c2ccc(O)cc2)O5)[C@H](O)[C@@H](O)[C@H]1O. The van der Waals surface area contributed by atoms with Crippen LogP contribution in [0.15, 0.2) is 109 Å². The topological polar surface area (TPSA) is 250 Å². The number of aliphatic hydroxyl groups is 4. The molecular formula is C48H42O14. The molecule has 10 rings (SSSR count). The van der Waals surface area contributed by atoms with Crippen molar-refractivity contribution in [3.8, 4) is 51.7 Å². The third-order valence-electron chi connectivity index (χ3n) is 13.0. The molecular weight excluding hydrogens is 801 g/mol. The zero-order chi connectivity index (χ0) is 43.3. The fraction of sp³-hybridized carbons (Fsp3) is 0.250. The first kappa shape index (κ1) is 39.5. The van der Waals surface area contributed by atoms with E-state index in [1.807, 2.05) is 0 Å². The Labute approximate surface area is 353 Å². The Hall–Kier alpha value is -6.68. The van der Waals surface area contributed by atoms with Gasteiger partial charge in [-0.05, 0) is 88.0 Å². The van der Waals surface area contributed by atoms with Gasteiger partial charge in [0.25, 0.3) is 0 Å². The first-order valence-corrected chi connectivity index (χ1v) is 20.1. The number of aliphatic hydroxyl groups excluding tert-OH is 4.